The van der Waals surface area contributed by atoms with Crippen LogP contribution < -0.4 is 10.2 Å². The second-order valence-corrected chi connectivity index (χ2v) is 9.03. The molecule has 0 saturated carbocycles. The number of phenolic OH excluding ortho intramolecular Hbond substituents is 1. The minimum absolute atomic E-state index is 0. The molecule has 2 aromatic carbocycles. The molecule has 0 aliphatic carbocycles. The van der Waals surface area contributed by atoms with E-state index in [0.29, 0.717) is 23.6 Å². The third-order valence-corrected chi connectivity index (χ3v) is 6.81. The van der Waals surface area contributed by atoms with Crippen LogP contribution in [0, 0.1) is 0 Å². The minimum atomic E-state index is -3.26. The average molecular weight is 544 g/mol. The first kappa shape index (κ1) is 24.3. The molecule has 1 fully saturated rings. The van der Waals surface area contributed by atoms with Gasteiger partial charge in [0.2, 0.25) is 0 Å². The Labute approximate surface area is 195 Å². The summed E-state index contributed by atoms with van der Waals surface area (Å²) in [5.41, 5.74) is 0.848. The fraction of sp³-hybridized carbons (Fsp3) is 0.381. The molecule has 0 bridgehead atoms. The summed E-state index contributed by atoms with van der Waals surface area (Å²) in [4.78, 5) is 9.01. The number of piperazine rings is 1. The Balaban J connectivity index is 0.00000320. The number of phenols is 1. The van der Waals surface area contributed by atoms with Crippen molar-refractivity contribution in [3.8, 4) is 5.75 Å². The normalized spacial score (nSPS) is 14.9. The van der Waals surface area contributed by atoms with Crippen molar-refractivity contribution in [2.45, 2.75) is 11.3 Å². The Morgan fingerprint density at radius 2 is 1.67 bits per heavy atom. The van der Waals surface area contributed by atoms with E-state index in [1.165, 1.54) is 0 Å². The first-order valence-electron chi connectivity index (χ1n) is 9.77. The van der Waals surface area contributed by atoms with Crippen molar-refractivity contribution in [2.24, 2.45) is 4.99 Å². The molecule has 0 radical (unpaired) electrons. The van der Waals surface area contributed by atoms with Gasteiger partial charge < -0.3 is 20.2 Å². The summed E-state index contributed by atoms with van der Waals surface area (Å²) < 4.78 is 24.7. The molecule has 164 valence electrons. The molecule has 2 N–H and O–H groups in total. The van der Waals surface area contributed by atoms with Crippen LogP contribution in [-0.4, -0.2) is 69.9 Å². The van der Waals surface area contributed by atoms with Crippen molar-refractivity contribution in [3.63, 3.8) is 0 Å². The lowest BCUT2D eigenvalue weighted by molar-refractivity contribution is 0.370. The molecule has 0 amide bonds. The molecule has 30 heavy (non-hydrogen) atoms. The van der Waals surface area contributed by atoms with E-state index in [2.05, 4.69) is 20.1 Å². The van der Waals surface area contributed by atoms with Gasteiger partial charge in [-0.3, -0.25) is 4.99 Å². The SMILES string of the molecule is CN=C(NCCCS(=O)(=O)c1ccccc1)N1CCN(c2ccccc2O)CC1.I. The van der Waals surface area contributed by atoms with E-state index in [0.717, 1.165) is 37.8 Å². The fourth-order valence-corrected chi connectivity index (χ4v) is 4.76. The fourth-order valence-electron chi connectivity index (χ4n) is 3.43. The zero-order chi connectivity index (χ0) is 20.7. The summed E-state index contributed by atoms with van der Waals surface area (Å²) in [5.74, 6) is 1.17. The van der Waals surface area contributed by atoms with Crippen molar-refractivity contribution in [1.82, 2.24) is 10.2 Å². The number of anilines is 1. The summed E-state index contributed by atoms with van der Waals surface area (Å²) in [7, 11) is -1.52. The number of rotatable bonds is 6. The van der Waals surface area contributed by atoms with Gasteiger partial charge in [0, 0.05) is 39.8 Å². The predicted molar refractivity (Wildman–Crippen MR) is 132 cm³/mol. The van der Waals surface area contributed by atoms with E-state index in [9.17, 15) is 13.5 Å². The zero-order valence-corrected chi connectivity index (χ0v) is 20.2. The van der Waals surface area contributed by atoms with Gasteiger partial charge in [-0.25, -0.2) is 8.42 Å². The van der Waals surface area contributed by atoms with Crippen LogP contribution >= 0.6 is 24.0 Å². The largest absolute Gasteiger partial charge is 0.506 e. The van der Waals surface area contributed by atoms with E-state index in [1.54, 1.807) is 37.4 Å². The first-order valence-corrected chi connectivity index (χ1v) is 11.4. The highest BCUT2D eigenvalue weighted by molar-refractivity contribution is 14.0. The van der Waals surface area contributed by atoms with Crippen molar-refractivity contribution in [3.05, 3.63) is 54.6 Å². The summed E-state index contributed by atoms with van der Waals surface area (Å²) in [5, 5.41) is 13.3. The number of para-hydroxylation sites is 2. The van der Waals surface area contributed by atoms with Crippen molar-refractivity contribution >= 4 is 45.5 Å². The van der Waals surface area contributed by atoms with Crippen LogP contribution in [0.25, 0.3) is 0 Å². The molecule has 1 saturated heterocycles. The van der Waals surface area contributed by atoms with Gasteiger partial charge in [0.15, 0.2) is 15.8 Å². The number of aromatic hydroxyl groups is 1. The predicted octanol–water partition coefficient (Wildman–Crippen LogP) is 2.57. The second kappa shape index (κ2) is 11.4. The van der Waals surface area contributed by atoms with E-state index >= 15 is 0 Å². The quantitative estimate of drug-likeness (QED) is 0.252. The average Bonchev–Trinajstić information content (AvgIpc) is 2.75. The molecule has 2 aromatic rings. The number of guanidine groups is 1. The van der Waals surface area contributed by atoms with Crippen LogP contribution in [0.3, 0.4) is 0 Å². The summed E-state index contributed by atoms with van der Waals surface area (Å²) in [6, 6.07) is 15.9. The monoisotopic (exact) mass is 544 g/mol. The molecule has 1 aliphatic heterocycles. The Morgan fingerprint density at radius 1 is 1.03 bits per heavy atom. The van der Waals surface area contributed by atoms with Crippen molar-refractivity contribution in [1.29, 1.82) is 0 Å². The Kier molecular flexibility index (Phi) is 9.22. The lowest BCUT2D eigenvalue weighted by atomic mass is 10.2. The molecule has 1 heterocycles. The highest BCUT2D eigenvalue weighted by Gasteiger charge is 2.21. The zero-order valence-electron chi connectivity index (χ0n) is 17.1. The summed E-state index contributed by atoms with van der Waals surface area (Å²) in [6.07, 6.45) is 0.508. The number of nitrogens with one attached hydrogen (secondary N) is 1. The maximum atomic E-state index is 12.4. The van der Waals surface area contributed by atoms with Gasteiger partial charge in [-0.15, -0.1) is 24.0 Å². The maximum Gasteiger partial charge on any atom is 0.193 e. The number of hydrogen-bond acceptors (Lipinski definition) is 5. The van der Waals surface area contributed by atoms with Crippen molar-refractivity contribution < 1.29 is 13.5 Å². The molecule has 0 spiro atoms. The smallest absolute Gasteiger partial charge is 0.193 e. The van der Waals surface area contributed by atoms with Crippen LogP contribution in [-0.2, 0) is 9.84 Å². The van der Waals surface area contributed by atoms with Crippen LogP contribution in [0.15, 0.2) is 64.5 Å². The van der Waals surface area contributed by atoms with Gasteiger partial charge in [0.1, 0.15) is 5.75 Å². The minimum Gasteiger partial charge on any atom is -0.506 e. The van der Waals surface area contributed by atoms with Gasteiger partial charge in [-0.05, 0) is 30.7 Å². The molecular weight excluding hydrogens is 515 g/mol. The van der Waals surface area contributed by atoms with Gasteiger partial charge in [0.25, 0.3) is 0 Å². The number of sulfone groups is 1. The van der Waals surface area contributed by atoms with Crippen LogP contribution in [0.2, 0.25) is 0 Å². The molecule has 1 aliphatic rings. The molecular formula is C21H29IN4O3S. The highest BCUT2D eigenvalue weighted by atomic mass is 127. The van der Waals surface area contributed by atoms with E-state index in [1.807, 2.05) is 24.3 Å². The van der Waals surface area contributed by atoms with E-state index < -0.39 is 9.84 Å². The number of aliphatic imine (C=N–C) groups is 1. The topological polar surface area (TPSA) is 85.2 Å². The molecule has 3 rings (SSSR count). The van der Waals surface area contributed by atoms with E-state index in [-0.39, 0.29) is 29.7 Å². The van der Waals surface area contributed by atoms with E-state index in [4.69, 9.17) is 0 Å². The molecule has 0 unspecified atom stereocenters. The molecule has 0 aromatic heterocycles. The number of hydrogen-bond donors (Lipinski definition) is 2. The number of nitrogens with zero attached hydrogens (tertiary/aromatic N) is 3. The highest BCUT2D eigenvalue weighted by Crippen LogP contribution is 2.27. The third kappa shape index (κ3) is 6.24. The second-order valence-electron chi connectivity index (χ2n) is 6.92. The van der Waals surface area contributed by atoms with Crippen LogP contribution in [0.5, 0.6) is 5.75 Å². The number of halogens is 1. The van der Waals surface area contributed by atoms with Crippen molar-refractivity contribution in [2.75, 3.05) is 50.4 Å². The number of benzene rings is 2. The third-order valence-electron chi connectivity index (χ3n) is 4.99. The van der Waals surface area contributed by atoms with Gasteiger partial charge >= 0.3 is 0 Å². The lowest BCUT2D eigenvalue weighted by Crippen LogP contribution is -2.52. The first-order chi connectivity index (χ1) is 14.0. The van der Waals surface area contributed by atoms with Crippen LogP contribution in [0.4, 0.5) is 5.69 Å². The summed E-state index contributed by atoms with van der Waals surface area (Å²) in [6.45, 7) is 3.65. The van der Waals surface area contributed by atoms with Gasteiger partial charge in [0.05, 0.1) is 16.3 Å². The Bertz CT molecular complexity index is 930. The molecule has 7 nitrogen and oxygen atoms in total. The maximum absolute atomic E-state index is 12.4. The molecule has 9 heteroatoms. The lowest BCUT2D eigenvalue weighted by Gasteiger charge is -2.37. The molecule has 0 atom stereocenters. The van der Waals surface area contributed by atoms with Crippen LogP contribution in [0.1, 0.15) is 6.42 Å². The standard InChI is InChI=1S/C21H28N4O3S.HI/c1-22-21(23-12-7-17-29(27,28)18-8-3-2-4-9-18)25-15-13-24(14-16-25)19-10-5-6-11-20(19)26;/h2-6,8-11,26H,7,12-17H2,1H3,(H,22,23);1H. The Morgan fingerprint density at radius 3 is 2.30 bits per heavy atom. The Hall–Kier alpha value is -2.01. The van der Waals surface area contributed by atoms with Gasteiger partial charge in [-0.1, -0.05) is 30.3 Å². The summed E-state index contributed by atoms with van der Waals surface area (Å²) >= 11 is 0. The van der Waals surface area contributed by atoms with Gasteiger partial charge in [-0.2, -0.15) is 0 Å².